The Morgan fingerprint density at radius 2 is 1.82 bits per heavy atom. The van der Waals surface area contributed by atoms with Gasteiger partial charge in [0.1, 0.15) is 5.69 Å². The lowest BCUT2D eigenvalue weighted by Gasteiger charge is -2.00. The van der Waals surface area contributed by atoms with Crippen LogP contribution < -0.4 is 5.32 Å². The summed E-state index contributed by atoms with van der Waals surface area (Å²) in [4.78, 5) is 33.2. The minimum atomic E-state index is -0.385. The van der Waals surface area contributed by atoms with Gasteiger partial charge in [-0.1, -0.05) is 0 Å². The number of nitrogens with one attached hydrogen (secondary N) is 2. The summed E-state index contributed by atoms with van der Waals surface area (Å²) < 4.78 is 0. The van der Waals surface area contributed by atoms with Crippen molar-refractivity contribution < 1.29 is 9.59 Å². The fourth-order valence-corrected chi connectivity index (χ4v) is 1.27. The molecule has 0 aliphatic heterocycles. The number of H-pyrrole nitrogens is 1. The number of aromatic nitrogens is 3. The van der Waals surface area contributed by atoms with Crippen LogP contribution >= 0.6 is 0 Å². The summed E-state index contributed by atoms with van der Waals surface area (Å²) in [6.07, 6.45) is 3.05. The predicted molar refractivity (Wildman–Crippen MR) is 60.8 cm³/mol. The highest BCUT2D eigenvalue weighted by Crippen LogP contribution is 2.05. The van der Waals surface area contributed by atoms with Crippen LogP contribution in [0.25, 0.3) is 0 Å². The number of carbonyl (C=O) groups excluding carboxylic acids is 2. The second-order valence-electron chi connectivity index (χ2n) is 3.37. The third-order valence-electron chi connectivity index (χ3n) is 2.10. The van der Waals surface area contributed by atoms with E-state index < -0.39 is 0 Å². The van der Waals surface area contributed by atoms with E-state index in [-0.39, 0.29) is 17.6 Å². The maximum Gasteiger partial charge on any atom is 0.274 e. The van der Waals surface area contributed by atoms with Gasteiger partial charge in [-0.05, 0) is 18.2 Å². The molecule has 86 valence electrons. The summed E-state index contributed by atoms with van der Waals surface area (Å²) in [7, 11) is 0. The molecule has 0 radical (unpaired) electrons. The Morgan fingerprint density at radius 3 is 2.41 bits per heavy atom. The number of hydrogen-bond acceptors (Lipinski definition) is 4. The molecule has 2 aromatic rings. The van der Waals surface area contributed by atoms with Crippen molar-refractivity contribution in [3.05, 3.63) is 42.0 Å². The molecule has 6 nitrogen and oxygen atoms in total. The van der Waals surface area contributed by atoms with Crippen molar-refractivity contribution in [2.24, 2.45) is 0 Å². The lowest BCUT2D eigenvalue weighted by atomic mass is 10.3. The van der Waals surface area contributed by atoms with Crippen molar-refractivity contribution in [2.75, 3.05) is 5.32 Å². The fraction of sp³-hybridized carbons (Fsp3) is 0.0909. The lowest BCUT2D eigenvalue weighted by molar-refractivity contribution is 0.101. The van der Waals surface area contributed by atoms with Crippen LogP contribution in [0.1, 0.15) is 27.9 Å². The topological polar surface area (TPSA) is 87.7 Å². The van der Waals surface area contributed by atoms with Crippen LogP contribution in [0.5, 0.6) is 0 Å². The second-order valence-corrected chi connectivity index (χ2v) is 3.37. The maximum absolute atomic E-state index is 11.7. The van der Waals surface area contributed by atoms with E-state index in [2.05, 4.69) is 20.3 Å². The Labute approximate surface area is 97.1 Å². The zero-order chi connectivity index (χ0) is 12.3. The van der Waals surface area contributed by atoms with Gasteiger partial charge in [-0.3, -0.25) is 14.9 Å². The molecule has 2 N–H and O–H groups in total. The van der Waals surface area contributed by atoms with Gasteiger partial charge < -0.3 is 4.98 Å². The zero-order valence-electron chi connectivity index (χ0n) is 9.10. The van der Waals surface area contributed by atoms with Crippen LogP contribution in [0.15, 0.2) is 30.6 Å². The van der Waals surface area contributed by atoms with Crippen molar-refractivity contribution >= 4 is 17.6 Å². The van der Waals surface area contributed by atoms with Crippen LogP contribution in [-0.4, -0.2) is 26.6 Å². The van der Waals surface area contributed by atoms with E-state index in [0.29, 0.717) is 11.4 Å². The summed E-state index contributed by atoms with van der Waals surface area (Å²) >= 11 is 0. The molecule has 0 aliphatic carbocycles. The normalized spacial score (nSPS) is 9.94. The molecule has 0 aromatic carbocycles. The van der Waals surface area contributed by atoms with Crippen LogP contribution in [0.4, 0.5) is 5.95 Å². The highest BCUT2D eigenvalue weighted by molar-refractivity contribution is 6.03. The van der Waals surface area contributed by atoms with Gasteiger partial charge in [0.2, 0.25) is 5.95 Å². The fourth-order valence-electron chi connectivity index (χ4n) is 1.27. The number of ketones is 1. The first-order chi connectivity index (χ1) is 8.16. The SMILES string of the molecule is CC(=O)c1ccc(C(=O)Nc2ncccn2)[nH]1. The summed E-state index contributed by atoms with van der Waals surface area (Å²) in [6.45, 7) is 1.42. The Hall–Kier alpha value is -2.50. The molecule has 0 saturated heterocycles. The highest BCUT2D eigenvalue weighted by atomic mass is 16.2. The standard InChI is InChI=1S/C11H10N4O2/c1-7(16)8-3-4-9(14-8)10(17)15-11-12-5-2-6-13-11/h2-6,14H,1H3,(H,12,13,15,17). The van der Waals surface area contributed by atoms with E-state index in [9.17, 15) is 9.59 Å². The second kappa shape index (κ2) is 4.56. The number of carbonyl (C=O) groups is 2. The van der Waals surface area contributed by atoms with Gasteiger partial charge in [-0.25, -0.2) is 9.97 Å². The summed E-state index contributed by atoms with van der Waals surface area (Å²) in [5, 5.41) is 2.51. The molecule has 2 rings (SSSR count). The van der Waals surface area contributed by atoms with Crippen LogP contribution in [0.3, 0.4) is 0 Å². The maximum atomic E-state index is 11.7. The van der Waals surface area contributed by atoms with E-state index in [1.165, 1.54) is 25.4 Å². The molecule has 0 bridgehead atoms. The Morgan fingerprint density at radius 1 is 1.18 bits per heavy atom. The van der Waals surface area contributed by atoms with Gasteiger partial charge in [0, 0.05) is 19.3 Å². The monoisotopic (exact) mass is 230 g/mol. The van der Waals surface area contributed by atoms with Crippen molar-refractivity contribution in [1.29, 1.82) is 0 Å². The number of hydrogen-bond donors (Lipinski definition) is 2. The van der Waals surface area contributed by atoms with Crippen LogP contribution in [0, 0.1) is 0 Å². The molecular weight excluding hydrogens is 220 g/mol. The average Bonchev–Trinajstić information content (AvgIpc) is 2.79. The number of aromatic amines is 1. The third kappa shape index (κ3) is 2.54. The molecule has 0 unspecified atom stereocenters. The van der Waals surface area contributed by atoms with E-state index in [0.717, 1.165) is 0 Å². The van der Waals surface area contributed by atoms with E-state index in [1.54, 1.807) is 12.1 Å². The Kier molecular flexibility index (Phi) is 2.95. The lowest BCUT2D eigenvalue weighted by Crippen LogP contribution is -2.14. The summed E-state index contributed by atoms with van der Waals surface area (Å²) in [5.41, 5.74) is 0.687. The summed E-state index contributed by atoms with van der Waals surface area (Å²) in [6, 6.07) is 4.75. The molecule has 0 atom stereocenters. The smallest absolute Gasteiger partial charge is 0.274 e. The quantitative estimate of drug-likeness (QED) is 0.777. The van der Waals surface area contributed by atoms with Crippen LogP contribution in [0.2, 0.25) is 0 Å². The van der Waals surface area contributed by atoms with Crippen LogP contribution in [-0.2, 0) is 0 Å². The van der Waals surface area contributed by atoms with Crippen molar-refractivity contribution in [1.82, 2.24) is 15.0 Å². The van der Waals surface area contributed by atoms with Gasteiger partial charge in [-0.2, -0.15) is 0 Å². The zero-order valence-corrected chi connectivity index (χ0v) is 9.10. The predicted octanol–water partition coefficient (Wildman–Crippen LogP) is 1.26. The number of nitrogens with zero attached hydrogens (tertiary/aromatic N) is 2. The third-order valence-corrected chi connectivity index (χ3v) is 2.10. The average molecular weight is 230 g/mol. The molecular formula is C11H10N4O2. The minimum Gasteiger partial charge on any atom is -0.348 e. The molecule has 1 amide bonds. The Bertz CT molecular complexity index is 548. The number of anilines is 1. The van der Waals surface area contributed by atoms with Crippen molar-refractivity contribution in [2.45, 2.75) is 6.92 Å². The number of amides is 1. The minimum absolute atomic E-state index is 0.125. The molecule has 0 spiro atoms. The Balaban J connectivity index is 2.12. The molecule has 0 aliphatic rings. The van der Waals surface area contributed by atoms with Gasteiger partial charge in [0.15, 0.2) is 5.78 Å². The van der Waals surface area contributed by atoms with Crippen molar-refractivity contribution in [3.8, 4) is 0 Å². The molecule has 0 saturated carbocycles. The molecule has 0 fully saturated rings. The first-order valence-corrected chi connectivity index (χ1v) is 4.95. The van der Waals surface area contributed by atoms with Gasteiger partial charge in [-0.15, -0.1) is 0 Å². The molecule has 17 heavy (non-hydrogen) atoms. The van der Waals surface area contributed by atoms with E-state index in [4.69, 9.17) is 0 Å². The molecule has 2 heterocycles. The number of rotatable bonds is 3. The first kappa shape index (κ1) is 11.0. The van der Waals surface area contributed by atoms with Gasteiger partial charge >= 0.3 is 0 Å². The molecule has 6 heteroatoms. The van der Waals surface area contributed by atoms with Gasteiger partial charge in [0.25, 0.3) is 5.91 Å². The molecule has 2 aromatic heterocycles. The van der Waals surface area contributed by atoms with Gasteiger partial charge in [0.05, 0.1) is 5.69 Å². The van der Waals surface area contributed by atoms with E-state index >= 15 is 0 Å². The number of Topliss-reactive ketones (excluding diaryl/α,β-unsaturated/α-hetero) is 1. The first-order valence-electron chi connectivity index (χ1n) is 4.95. The largest absolute Gasteiger partial charge is 0.348 e. The highest BCUT2D eigenvalue weighted by Gasteiger charge is 2.11. The van der Waals surface area contributed by atoms with E-state index in [1.807, 2.05) is 0 Å². The summed E-state index contributed by atoms with van der Waals surface area (Å²) in [5.74, 6) is -0.291. The van der Waals surface area contributed by atoms with Crippen molar-refractivity contribution in [3.63, 3.8) is 0 Å².